The average molecular weight is 348 g/mol. The van der Waals surface area contributed by atoms with Crippen molar-refractivity contribution in [1.29, 1.82) is 0 Å². The molecule has 0 spiro atoms. The molecule has 7 heteroatoms. The van der Waals surface area contributed by atoms with Crippen LogP contribution in [0.25, 0.3) is 0 Å². The summed E-state index contributed by atoms with van der Waals surface area (Å²) < 4.78 is 5.39. The van der Waals surface area contributed by atoms with Crippen molar-refractivity contribution in [3.8, 4) is 0 Å². The van der Waals surface area contributed by atoms with Crippen molar-refractivity contribution >= 4 is 11.8 Å². The molecule has 1 aromatic rings. The Hall–Kier alpha value is -1.86. The van der Waals surface area contributed by atoms with Gasteiger partial charge < -0.3 is 19.1 Å². The summed E-state index contributed by atoms with van der Waals surface area (Å²) in [5, 5.41) is 0. The first-order chi connectivity index (χ1) is 12.0. The number of hydrogen-bond acceptors (Lipinski definition) is 5. The Morgan fingerprint density at radius 1 is 1.28 bits per heavy atom. The summed E-state index contributed by atoms with van der Waals surface area (Å²) in [6.07, 6.45) is 2.05. The monoisotopic (exact) mass is 348 g/mol. The van der Waals surface area contributed by atoms with Crippen LogP contribution in [0.1, 0.15) is 12.2 Å². The molecule has 3 heterocycles. The molecule has 3 rings (SSSR count). The highest BCUT2D eigenvalue weighted by molar-refractivity contribution is 5.89. The largest absolute Gasteiger partial charge is 0.468 e. The number of likely N-dealkylation sites (N-methyl/N-ethyl adjacent to an activating group) is 1. The van der Waals surface area contributed by atoms with Crippen LogP contribution in [-0.4, -0.2) is 91.3 Å². The number of carbonyl (C=O) groups excluding carboxylic acids is 2. The molecule has 0 aromatic carbocycles. The van der Waals surface area contributed by atoms with Gasteiger partial charge in [-0.05, 0) is 26.2 Å². The van der Waals surface area contributed by atoms with Gasteiger partial charge in [0.05, 0.1) is 18.7 Å². The summed E-state index contributed by atoms with van der Waals surface area (Å²) in [5.41, 5.74) is 0. The van der Waals surface area contributed by atoms with E-state index in [0.29, 0.717) is 19.5 Å². The molecule has 0 N–H and O–H groups in total. The van der Waals surface area contributed by atoms with Gasteiger partial charge in [-0.2, -0.15) is 0 Å². The number of carbonyl (C=O) groups is 2. The standard InChI is InChI=1S/C18H28N4O3/c1-19(2)5-8-22-13-15(12-17(22)23)18(24)21-9-6-20(7-10-21)14-16-4-3-11-25-16/h3-4,11,15H,5-10,12-14H2,1-2H3. The van der Waals surface area contributed by atoms with Crippen LogP contribution in [-0.2, 0) is 16.1 Å². The molecule has 0 saturated carbocycles. The molecule has 2 amide bonds. The second-order valence-electron chi connectivity index (χ2n) is 7.22. The fraction of sp³-hybridized carbons (Fsp3) is 0.667. The molecule has 7 nitrogen and oxygen atoms in total. The summed E-state index contributed by atoms with van der Waals surface area (Å²) >= 11 is 0. The van der Waals surface area contributed by atoms with E-state index in [1.165, 1.54) is 0 Å². The third-order valence-corrected chi connectivity index (χ3v) is 5.02. The number of likely N-dealkylation sites (tertiary alicyclic amines) is 1. The highest BCUT2D eigenvalue weighted by atomic mass is 16.3. The van der Waals surface area contributed by atoms with Crippen molar-refractivity contribution in [2.45, 2.75) is 13.0 Å². The highest BCUT2D eigenvalue weighted by Gasteiger charge is 2.37. The predicted octanol–water partition coefficient (Wildman–Crippen LogP) is 0.334. The van der Waals surface area contributed by atoms with Gasteiger partial charge in [0.1, 0.15) is 5.76 Å². The van der Waals surface area contributed by atoms with E-state index in [2.05, 4.69) is 9.80 Å². The maximum absolute atomic E-state index is 12.8. The van der Waals surface area contributed by atoms with Gasteiger partial charge in [0.25, 0.3) is 0 Å². The normalized spacial score (nSPS) is 22.2. The summed E-state index contributed by atoms with van der Waals surface area (Å²) in [4.78, 5) is 33.0. The maximum atomic E-state index is 12.8. The SMILES string of the molecule is CN(C)CCN1CC(C(=O)N2CCN(Cc3ccco3)CC2)CC1=O. The average Bonchev–Trinajstić information content (AvgIpc) is 3.23. The molecular weight excluding hydrogens is 320 g/mol. The lowest BCUT2D eigenvalue weighted by molar-refractivity contribution is -0.137. The van der Waals surface area contributed by atoms with Gasteiger partial charge >= 0.3 is 0 Å². The zero-order valence-electron chi connectivity index (χ0n) is 15.2. The second kappa shape index (κ2) is 8.01. The Bertz CT molecular complexity index is 579. The Labute approximate surface area is 149 Å². The van der Waals surface area contributed by atoms with Crippen molar-refractivity contribution < 1.29 is 14.0 Å². The molecule has 2 saturated heterocycles. The lowest BCUT2D eigenvalue weighted by Crippen LogP contribution is -2.50. The molecule has 0 bridgehead atoms. The van der Waals surface area contributed by atoms with Crippen molar-refractivity contribution in [1.82, 2.24) is 19.6 Å². The molecule has 2 aliphatic rings. The molecule has 25 heavy (non-hydrogen) atoms. The fourth-order valence-electron chi connectivity index (χ4n) is 3.48. The third-order valence-electron chi connectivity index (χ3n) is 5.02. The van der Waals surface area contributed by atoms with Crippen LogP contribution in [0.3, 0.4) is 0 Å². The van der Waals surface area contributed by atoms with Crippen molar-refractivity contribution in [3.63, 3.8) is 0 Å². The lowest BCUT2D eigenvalue weighted by atomic mass is 10.1. The Kier molecular flexibility index (Phi) is 5.75. The number of amides is 2. The number of piperazine rings is 1. The summed E-state index contributed by atoms with van der Waals surface area (Å²) in [6.45, 7) is 6.02. The molecule has 1 atom stereocenters. The number of hydrogen-bond donors (Lipinski definition) is 0. The van der Waals surface area contributed by atoms with Crippen LogP contribution in [0.5, 0.6) is 0 Å². The molecule has 2 aliphatic heterocycles. The van der Waals surface area contributed by atoms with E-state index in [1.54, 1.807) is 6.26 Å². The van der Waals surface area contributed by atoms with E-state index in [-0.39, 0.29) is 17.7 Å². The summed E-state index contributed by atoms with van der Waals surface area (Å²) in [5.74, 6) is 1.03. The van der Waals surface area contributed by atoms with E-state index in [9.17, 15) is 9.59 Å². The van der Waals surface area contributed by atoms with Crippen LogP contribution in [0, 0.1) is 5.92 Å². The van der Waals surface area contributed by atoms with Gasteiger partial charge in [0, 0.05) is 52.2 Å². The van der Waals surface area contributed by atoms with Gasteiger partial charge in [-0.1, -0.05) is 0 Å². The number of nitrogens with zero attached hydrogens (tertiary/aromatic N) is 4. The van der Waals surface area contributed by atoms with E-state index in [4.69, 9.17) is 4.42 Å². The first-order valence-electron chi connectivity index (χ1n) is 8.99. The molecule has 1 aromatic heterocycles. The number of rotatable bonds is 6. The third kappa shape index (κ3) is 4.61. The van der Waals surface area contributed by atoms with Gasteiger partial charge in [0.2, 0.25) is 11.8 Å². The minimum Gasteiger partial charge on any atom is -0.468 e. The van der Waals surface area contributed by atoms with E-state index in [1.807, 2.05) is 36.0 Å². The topological polar surface area (TPSA) is 60.2 Å². The van der Waals surface area contributed by atoms with Crippen LogP contribution in [0.4, 0.5) is 0 Å². The lowest BCUT2D eigenvalue weighted by Gasteiger charge is -2.35. The Morgan fingerprint density at radius 3 is 2.68 bits per heavy atom. The Morgan fingerprint density at radius 2 is 2.04 bits per heavy atom. The van der Waals surface area contributed by atoms with Gasteiger partial charge in [0.15, 0.2) is 0 Å². The quantitative estimate of drug-likeness (QED) is 0.742. The second-order valence-corrected chi connectivity index (χ2v) is 7.22. The van der Waals surface area contributed by atoms with Gasteiger partial charge in [-0.15, -0.1) is 0 Å². The van der Waals surface area contributed by atoms with Crippen LogP contribution in [0.15, 0.2) is 22.8 Å². The molecule has 0 aliphatic carbocycles. The van der Waals surface area contributed by atoms with Crippen molar-refractivity contribution in [2.24, 2.45) is 5.92 Å². The van der Waals surface area contributed by atoms with Crippen LogP contribution < -0.4 is 0 Å². The molecule has 138 valence electrons. The molecule has 2 fully saturated rings. The highest BCUT2D eigenvalue weighted by Crippen LogP contribution is 2.21. The van der Waals surface area contributed by atoms with E-state index in [0.717, 1.165) is 45.0 Å². The van der Waals surface area contributed by atoms with Gasteiger partial charge in [-0.25, -0.2) is 0 Å². The maximum Gasteiger partial charge on any atom is 0.228 e. The summed E-state index contributed by atoms with van der Waals surface area (Å²) in [7, 11) is 3.98. The summed E-state index contributed by atoms with van der Waals surface area (Å²) in [6, 6.07) is 3.87. The first-order valence-corrected chi connectivity index (χ1v) is 8.99. The molecular formula is C18H28N4O3. The van der Waals surface area contributed by atoms with Crippen LogP contribution in [0.2, 0.25) is 0 Å². The van der Waals surface area contributed by atoms with Crippen molar-refractivity contribution in [2.75, 3.05) is 59.9 Å². The smallest absolute Gasteiger partial charge is 0.228 e. The van der Waals surface area contributed by atoms with Crippen molar-refractivity contribution in [3.05, 3.63) is 24.2 Å². The molecule has 1 unspecified atom stereocenters. The van der Waals surface area contributed by atoms with E-state index < -0.39 is 0 Å². The minimum atomic E-state index is -0.175. The zero-order valence-corrected chi connectivity index (χ0v) is 15.2. The molecule has 0 radical (unpaired) electrons. The van der Waals surface area contributed by atoms with Crippen LogP contribution >= 0.6 is 0 Å². The number of furan rings is 1. The van der Waals surface area contributed by atoms with Gasteiger partial charge in [-0.3, -0.25) is 14.5 Å². The Balaban J connectivity index is 1.45. The first kappa shape index (κ1) is 17.9. The minimum absolute atomic E-state index is 0.108. The fourth-order valence-corrected chi connectivity index (χ4v) is 3.48. The zero-order chi connectivity index (χ0) is 17.8. The predicted molar refractivity (Wildman–Crippen MR) is 93.8 cm³/mol. The van der Waals surface area contributed by atoms with E-state index >= 15 is 0 Å².